The summed E-state index contributed by atoms with van der Waals surface area (Å²) in [6.07, 6.45) is 0. The van der Waals surface area contributed by atoms with E-state index in [9.17, 15) is 9.90 Å². The van der Waals surface area contributed by atoms with Gasteiger partial charge in [0.1, 0.15) is 17.4 Å². The van der Waals surface area contributed by atoms with Crippen molar-refractivity contribution >= 4 is 28.8 Å². The Morgan fingerprint density at radius 2 is 1.91 bits per heavy atom. The molecule has 1 amide bonds. The molecule has 1 unspecified atom stereocenters. The summed E-state index contributed by atoms with van der Waals surface area (Å²) in [6, 6.07) is 13.1. The standard InChI is InChI=1S/C25H29ClN2O3S/c1-16(2)18(4)28(25(30)19-7-5-17(3)6-8-19)12-20-11-21(26)9-10-23(20)31-14-24-27-22(13-29)15-32-24/h5-11,15-16,18,29H,12-14H2,1-4H3. The number of ether oxygens (including phenoxy) is 1. The predicted octanol–water partition coefficient (Wildman–Crippen LogP) is 5.86. The van der Waals surface area contributed by atoms with Gasteiger partial charge in [0.2, 0.25) is 0 Å². The lowest BCUT2D eigenvalue weighted by molar-refractivity contribution is 0.0625. The highest BCUT2D eigenvalue weighted by Gasteiger charge is 2.25. The van der Waals surface area contributed by atoms with Gasteiger partial charge in [0.05, 0.1) is 12.3 Å². The van der Waals surface area contributed by atoms with Gasteiger partial charge >= 0.3 is 0 Å². The molecule has 0 saturated heterocycles. The number of thiazole rings is 1. The van der Waals surface area contributed by atoms with Crippen LogP contribution in [0, 0.1) is 12.8 Å². The number of aryl methyl sites for hydroxylation is 1. The summed E-state index contributed by atoms with van der Waals surface area (Å²) in [6.45, 7) is 8.85. The Kier molecular flexibility index (Phi) is 8.29. The summed E-state index contributed by atoms with van der Waals surface area (Å²) in [5.74, 6) is 0.914. The lowest BCUT2D eigenvalue weighted by Crippen LogP contribution is -2.41. The molecule has 0 aliphatic carbocycles. The van der Waals surface area contributed by atoms with Gasteiger partial charge in [-0.25, -0.2) is 4.98 Å². The Bertz CT molecular complexity index is 1050. The van der Waals surface area contributed by atoms with Crippen molar-refractivity contribution in [2.24, 2.45) is 5.92 Å². The van der Waals surface area contributed by atoms with Crippen LogP contribution in [0.25, 0.3) is 0 Å². The Morgan fingerprint density at radius 1 is 1.19 bits per heavy atom. The molecule has 3 rings (SSSR count). The van der Waals surface area contributed by atoms with Gasteiger partial charge in [-0.1, -0.05) is 43.1 Å². The third-order valence-electron chi connectivity index (χ3n) is 5.49. The molecule has 1 heterocycles. The largest absolute Gasteiger partial charge is 0.486 e. The van der Waals surface area contributed by atoms with E-state index in [-0.39, 0.29) is 31.1 Å². The molecule has 170 valence electrons. The number of carbonyl (C=O) groups is 1. The van der Waals surface area contributed by atoms with E-state index in [1.807, 2.05) is 53.6 Å². The van der Waals surface area contributed by atoms with E-state index >= 15 is 0 Å². The second kappa shape index (κ2) is 10.9. The molecule has 0 radical (unpaired) electrons. The minimum absolute atomic E-state index is 0.0155. The second-order valence-corrected chi connectivity index (χ2v) is 9.59. The molecule has 3 aromatic rings. The molecular weight excluding hydrogens is 444 g/mol. The van der Waals surface area contributed by atoms with Gasteiger partial charge in [0, 0.05) is 34.1 Å². The van der Waals surface area contributed by atoms with Crippen LogP contribution >= 0.6 is 22.9 Å². The predicted molar refractivity (Wildman–Crippen MR) is 129 cm³/mol. The Morgan fingerprint density at radius 3 is 2.53 bits per heavy atom. The number of hydrogen-bond donors (Lipinski definition) is 1. The highest BCUT2D eigenvalue weighted by Crippen LogP contribution is 2.28. The second-order valence-electron chi connectivity index (χ2n) is 8.22. The van der Waals surface area contributed by atoms with Crippen LogP contribution in [0.3, 0.4) is 0 Å². The van der Waals surface area contributed by atoms with Crippen molar-refractivity contribution in [3.8, 4) is 5.75 Å². The van der Waals surface area contributed by atoms with Gasteiger partial charge < -0.3 is 14.7 Å². The van der Waals surface area contributed by atoms with Crippen molar-refractivity contribution in [2.75, 3.05) is 0 Å². The van der Waals surface area contributed by atoms with Crippen LogP contribution in [0.5, 0.6) is 5.75 Å². The molecular formula is C25H29ClN2O3S. The molecule has 0 spiro atoms. The number of halogens is 1. The van der Waals surface area contributed by atoms with Gasteiger partial charge in [0.25, 0.3) is 5.91 Å². The number of aromatic nitrogens is 1. The number of carbonyl (C=O) groups excluding carboxylic acids is 1. The molecule has 1 N–H and O–H groups in total. The zero-order valence-electron chi connectivity index (χ0n) is 18.8. The van der Waals surface area contributed by atoms with E-state index in [0.29, 0.717) is 28.6 Å². The average molecular weight is 473 g/mol. The van der Waals surface area contributed by atoms with Crippen molar-refractivity contribution in [1.82, 2.24) is 9.88 Å². The normalized spacial score (nSPS) is 12.1. The van der Waals surface area contributed by atoms with Crippen LogP contribution in [0.4, 0.5) is 0 Å². The zero-order valence-corrected chi connectivity index (χ0v) is 20.4. The maximum absolute atomic E-state index is 13.4. The first-order chi connectivity index (χ1) is 15.3. The molecule has 2 aromatic carbocycles. The number of aliphatic hydroxyl groups excluding tert-OH is 1. The molecule has 0 aliphatic rings. The van der Waals surface area contributed by atoms with Gasteiger partial charge in [-0.15, -0.1) is 11.3 Å². The molecule has 7 heteroatoms. The van der Waals surface area contributed by atoms with E-state index in [1.165, 1.54) is 11.3 Å². The van der Waals surface area contributed by atoms with Crippen LogP contribution in [0.15, 0.2) is 47.8 Å². The molecule has 1 atom stereocenters. The molecule has 0 fully saturated rings. The molecule has 1 aromatic heterocycles. The highest BCUT2D eigenvalue weighted by molar-refractivity contribution is 7.09. The van der Waals surface area contributed by atoms with Crippen molar-refractivity contribution in [1.29, 1.82) is 0 Å². The quantitative estimate of drug-likeness (QED) is 0.423. The van der Waals surface area contributed by atoms with Crippen LogP contribution in [-0.2, 0) is 19.8 Å². The van der Waals surface area contributed by atoms with Crippen LogP contribution in [-0.4, -0.2) is 26.9 Å². The summed E-state index contributed by atoms with van der Waals surface area (Å²) >= 11 is 7.74. The van der Waals surface area contributed by atoms with E-state index < -0.39 is 0 Å². The Balaban J connectivity index is 1.86. The zero-order chi connectivity index (χ0) is 23.3. The van der Waals surface area contributed by atoms with E-state index in [0.717, 1.165) is 16.1 Å². The van der Waals surface area contributed by atoms with E-state index in [1.54, 1.807) is 6.07 Å². The van der Waals surface area contributed by atoms with Crippen molar-refractivity contribution in [2.45, 2.75) is 53.5 Å². The number of hydrogen-bond acceptors (Lipinski definition) is 5. The number of benzene rings is 2. The summed E-state index contributed by atoms with van der Waals surface area (Å²) in [4.78, 5) is 19.6. The first-order valence-electron chi connectivity index (χ1n) is 10.6. The fourth-order valence-electron chi connectivity index (χ4n) is 3.25. The lowest BCUT2D eigenvalue weighted by Gasteiger charge is -2.32. The average Bonchev–Trinajstić information content (AvgIpc) is 3.24. The third-order valence-corrected chi connectivity index (χ3v) is 6.60. The minimum Gasteiger partial charge on any atom is -0.486 e. The molecule has 0 bridgehead atoms. The van der Waals surface area contributed by atoms with Gasteiger partial charge in [0.15, 0.2) is 0 Å². The van der Waals surface area contributed by atoms with Crippen LogP contribution in [0.2, 0.25) is 5.02 Å². The van der Waals surface area contributed by atoms with Gasteiger partial charge in [-0.3, -0.25) is 4.79 Å². The van der Waals surface area contributed by atoms with Crippen molar-refractivity contribution in [3.63, 3.8) is 0 Å². The Hall–Kier alpha value is -2.41. The first-order valence-corrected chi connectivity index (χ1v) is 11.9. The monoisotopic (exact) mass is 472 g/mol. The van der Waals surface area contributed by atoms with Gasteiger partial charge in [-0.2, -0.15) is 0 Å². The number of amides is 1. The number of aliphatic hydroxyl groups is 1. The van der Waals surface area contributed by atoms with Crippen LogP contribution < -0.4 is 4.74 Å². The molecule has 32 heavy (non-hydrogen) atoms. The highest BCUT2D eigenvalue weighted by atomic mass is 35.5. The fraction of sp³-hybridized carbons (Fsp3) is 0.360. The summed E-state index contributed by atoms with van der Waals surface area (Å²) < 4.78 is 6.05. The van der Waals surface area contributed by atoms with Crippen molar-refractivity contribution < 1.29 is 14.6 Å². The molecule has 0 saturated carbocycles. The molecule has 5 nitrogen and oxygen atoms in total. The lowest BCUT2D eigenvalue weighted by atomic mass is 10.0. The summed E-state index contributed by atoms with van der Waals surface area (Å²) in [5, 5.41) is 12.4. The van der Waals surface area contributed by atoms with Gasteiger partial charge in [-0.05, 0) is 50.1 Å². The maximum Gasteiger partial charge on any atom is 0.254 e. The summed E-state index contributed by atoms with van der Waals surface area (Å²) in [5.41, 5.74) is 3.24. The fourth-order valence-corrected chi connectivity index (χ4v) is 4.14. The molecule has 0 aliphatic heterocycles. The van der Waals surface area contributed by atoms with Crippen LogP contribution in [0.1, 0.15) is 53.0 Å². The summed E-state index contributed by atoms with van der Waals surface area (Å²) in [7, 11) is 0. The van der Waals surface area contributed by atoms with Crippen molar-refractivity contribution in [3.05, 3.63) is 80.3 Å². The minimum atomic E-state index is -0.0914. The van der Waals surface area contributed by atoms with E-state index in [2.05, 4.69) is 25.8 Å². The maximum atomic E-state index is 13.4. The SMILES string of the molecule is Cc1ccc(C(=O)N(Cc2cc(Cl)ccc2OCc2nc(CO)cs2)C(C)C(C)C)cc1. The smallest absolute Gasteiger partial charge is 0.254 e. The Labute approximate surface area is 198 Å². The third kappa shape index (κ3) is 6.09. The van der Waals surface area contributed by atoms with E-state index in [4.69, 9.17) is 16.3 Å². The first kappa shape index (κ1) is 24.2. The topological polar surface area (TPSA) is 62.7 Å². The number of nitrogens with zero attached hydrogens (tertiary/aromatic N) is 2. The number of rotatable bonds is 9.